The lowest BCUT2D eigenvalue weighted by atomic mass is 10.3. The van der Waals surface area contributed by atoms with Gasteiger partial charge in [0.05, 0.1) is 23.7 Å². The van der Waals surface area contributed by atoms with Crippen molar-refractivity contribution in [2.75, 3.05) is 17.5 Å². The van der Waals surface area contributed by atoms with Crippen LogP contribution in [0.15, 0.2) is 58.9 Å². The first-order valence-electron chi connectivity index (χ1n) is 8.27. The van der Waals surface area contributed by atoms with Gasteiger partial charge in [-0.3, -0.25) is 8.99 Å². The summed E-state index contributed by atoms with van der Waals surface area (Å²) >= 11 is 1.44. The molecule has 8 heteroatoms. The van der Waals surface area contributed by atoms with Crippen molar-refractivity contribution in [3.8, 4) is 10.6 Å². The van der Waals surface area contributed by atoms with Crippen molar-refractivity contribution in [1.82, 2.24) is 9.78 Å². The highest BCUT2D eigenvalue weighted by Crippen LogP contribution is 2.33. The second-order valence-electron chi connectivity index (χ2n) is 6.03. The molecule has 0 aliphatic heterocycles. The highest BCUT2D eigenvalue weighted by molar-refractivity contribution is 7.93. The highest BCUT2D eigenvalue weighted by atomic mass is 32.2. The minimum atomic E-state index is -3.89. The standard InChI is InChI=1S/C18H21N3O3S2/c1-14(2)20-13-17(18(19-20)16-9-6-12-25-16)26(23,24)21(10-11-22)15-7-4-3-5-8-15/h3-9,12-14,22H,10-11H2,1-2H3. The monoisotopic (exact) mass is 391 g/mol. The third kappa shape index (κ3) is 3.53. The van der Waals surface area contributed by atoms with Crippen molar-refractivity contribution in [3.63, 3.8) is 0 Å². The maximum Gasteiger partial charge on any atom is 0.268 e. The summed E-state index contributed by atoms with van der Waals surface area (Å²) in [5.41, 5.74) is 0.948. The molecular formula is C18H21N3O3S2. The number of sulfonamides is 1. The lowest BCUT2D eigenvalue weighted by Crippen LogP contribution is -2.33. The lowest BCUT2D eigenvalue weighted by Gasteiger charge is -2.23. The van der Waals surface area contributed by atoms with E-state index in [1.165, 1.54) is 15.6 Å². The number of aromatic nitrogens is 2. The van der Waals surface area contributed by atoms with E-state index in [0.29, 0.717) is 11.4 Å². The topological polar surface area (TPSA) is 75.4 Å². The van der Waals surface area contributed by atoms with E-state index in [1.807, 2.05) is 37.4 Å². The van der Waals surface area contributed by atoms with Crippen LogP contribution in [-0.2, 0) is 10.0 Å². The van der Waals surface area contributed by atoms with E-state index in [1.54, 1.807) is 35.1 Å². The SMILES string of the molecule is CC(C)n1cc(S(=O)(=O)N(CCO)c2ccccc2)c(-c2cccs2)n1. The average Bonchev–Trinajstić information content (AvgIpc) is 3.29. The number of aliphatic hydroxyl groups is 1. The molecule has 0 spiro atoms. The van der Waals surface area contributed by atoms with E-state index >= 15 is 0 Å². The van der Waals surface area contributed by atoms with Gasteiger partial charge in [0.2, 0.25) is 0 Å². The van der Waals surface area contributed by atoms with Gasteiger partial charge in [0, 0.05) is 12.2 Å². The predicted octanol–water partition coefficient (Wildman–Crippen LogP) is 3.38. The molecule has 2 aromatic heterocycles. The Bertz CT molecular complexity index is 949. The van der Waals surface area contributed by atoms with Crippen LogP contribution in [0.2, 0.25) is 0 Å². The number of hydrogen-bond donors (Lipinski definition) is 1. The Balaban J connectivity index is 2.16. The number of hydrogen-bond acceptors (Lipinski definition) is 5. The van der Waals surface area contributed by atoms with Gasteiger partial charge >= 0.3 is 0 Å². The van der Waals surface area contributed by atoms with E-state index < -0.39 is 10.0 Å². The number of aliphatic hydroxyl groups excluding tert-OH is 1. The fourth-order valence-corrected chi connectivity index (χ4v) is 4.99. The number of thiophene rings is 1. The van der Waals surface area contributed by atoms with Gasteiger partial charge < -0.3 is 5.11 Å². The van der Waals surface area contributed by atoms with Crippen molar-refractivity contribution in [2.45, 2.75) is 24.8 Å². The second-order valence-corrected chi connectivity index (χ2v) is 8.81. The van der Waals surface area contributed by atoms with Crippen LogP contribution in [-0.4, -0.2) is 36.5 Å². The molecule has 26 heavy (non-hydrogen) atoms. The Kier molecular flexibility index (Phi) is 5.45. The quantitative estimate of drug-likeness (QED) is 0.670. The zero-order valence-corrected chi connectivity index (χ0v) is 16.2. The first-order valence-corrected chi connectivity index (χ1v) is 10.6. The van der Waals surface area contributed by atoms with Gasteiger partial charge in [-0.15, -0.1) is 11.3 Å². The van der Waals surface area contributed by atoms with E-state index in [0.717, 1.165) is 4.88 Å². The molecule has 0 radical (unpaired) electrons. The molecule has 138 valence electrons. The van der Waals surface area contributed by atoms with Crippen LogP contribution in [0.3, 0.4) is 0 Å². The second kappa shape index (κ2) is 7.61. The fraction of sp³-hybridized carbons (Fsp3) is 0.278. The Morgan fingerprint density at radius 3 is 2.50 bits per heavy atom. The molecule has 3 rings (SSSR count). The maximum atomic E-state index is 13.4. The predicted molar refractivity (Wildman–Crippen MR) is 104 cm³/mol. The molecule has 0 fully saturated rings. The van der Waals surface area contributed by atoms with E-state index in [4.69, 9.17) is 0 Å². The number of anilines is 1. The van der Waals surface area contributed by atoms with Crippen molar-refractivity contribution in [1.29, 1.82) is 0 Å². The van der Waals surface area contributed by atoms with Crippen molar-refractivity contribution in [3.05, 3.63) is 54.0 Å². The summed E-state index contributed by atoms with van der Waals surface area (Å²) in [6, 6.07) is 12.5. The van der Waals surface area contributed by atoms with Gasteiger partial charge in [0.15, 0.2) is 0 Å². The van der Waals surface area contributed by atoms with Crippen molar-refractivity contribution >= 4 is 27.0 Å². The Labute approximate surface area is 157 Å². The lowest BCUT2D eigenvalue weighted by molar-refractivity contribution is 0.306. The van der Waals surface area contributed by atoms with Gasteiger partial charge in [-0.1, -0.05) is 24.3 Å². The number of benzene rings is 1. The molecule has 0 aliphatic carbocycles. The van der Waals surface area contributed by atoms with Gasteiger partial charge in [-0.25, -0.2) is 8.42 Å². The normalized spacial score (nSPS) is 11.8. The summed E-state index contributed by atoms with van der Waals surface area (Å²) in [4.78, 5) is 0.936. The summed E-state index contributed by atoms with van der Waals surface area (Å²) in [6.07, 6.45) is 1.57. The van der Waals surface area contributed by atoms with Crippen molar-refractivity contribution < 1.29 is 13.5 Å². The third-order valence-electron chi connectivity index (χ3n) is 3.90. The first kappa shape index (κ1) is 18.6. The van der Waals surface area contributed by atoms with E-state index in [2.05, 4.69) is 5.10 Å². The molecule has 0 amide bonds. The van der Waals surface area contributed by atoms with Gasteiger partial charge in [0.1, 0.15) is 10.6 Å². The van der Waals surface area contributed by atoms with Crippen LogP contribution in [0.1, 0.15) is 19.9 Å². The minimum Gasteiger partial charge on any atom is -0.394 e. The molecule has 6 nitrogen and oxygen atoms in total. The smallest absolute Gasteiger partial charge is 0.268 e. The molecule has 3 aromatic rings. The number of rotatable bonds is 7. The van der Waals surface area contributed by atoms with Crippen LogP contribution in [0.4, 0.5) is 5.69 Å². The van der Waals surface area contributed by atoms with Crippen LogP contribution in [0.5, 0.6) is 0 Å². The fourth-order valence-electron chi connectivity index (χ4n) is 2.60. The Hall–Kier alpha value is -2.16. The number of nitrogens with zero attached hydrogens (tertiary/aromatic N) is 3. The van der Waals surface area contributed by atoms with Crippen molar-refractivity contribution in [2.24, 2.45) is 0 Å². The molecular weight excluding hydrogens is 370 g/mol. The minimum absolute atomic E-state index is 0.0247. The molecule has 0 aliphatic rings. The average molecular weight is 392 g/mol. The zero-order chi connectivity index (χ0) is 18.7. The van der Waals surface area contributed by atoms with E-state index in [-0.39, 0.29) is 24.1 Å². The maximum absolute atomic E-state index is 13.4. The molecule has 0 saturated heterocycles. The Morgan fingerprint density at radius 1 is 1.19 bits per heavy atom. The van der Waals surface area contributed by atoms with E-state index in [9.17, 15) is 13.5 Å². The summed E-state index contributed by atoms with van der Waals surface area (Å²) < 4.78 is 29.8. The largest absolute Gasteiger partial charge is 0.394 e. The molecule has 0 saturated carbocycles. The van der Waals surface area contributed by atoms with Crippen LogP contribution < -0.4 is 4.31 Å². The molecule has 1 aromatic carbocycles. The van der Waals surface area contributed by atoms with Gasteiger partial charge in [-0.2, -0.15) is 5.10 Å². The third-order valence-corrected chi connectivity index (χ3v) is 6.60. The summed E-state index contributed by atoms with van der Waals surface area (Å²) in [7, 11) is -3.89. The van der Waals surface area contributed by atoms with Gasteiger partial charge in [-0.05, 0) is 37.4 Å². The molecule has 0 atom stereocenters. The highest BCUT2D eigenvalue weighted by Gasteiger charge is 2.31. The summed E-state index contributed by atoms with van der Waals surface area (Å²) in [6.45, 7) is 3.60. The molecule has 0 bridgehead atoms. The molecule has 1 N–H and O–H groups in total. The van der Waals surface area contributed by atoms with Crippen LogP contribution in [0, 0.1) is 0 Å². The zero-order valence-electron chi connectivity index (χ0n) is 14.6. The van der Waals surface area contributed by atoms with Crippen LogP contribution in [0.25, 0.3) is 10.6 Å². The summed E-state index contributed by atoms with van der Waals surface area (Å²) in [5.74, 6) is 0. The molecule has 2 heterocycles. The first-order chi connectivity index (χ1) is 12.4. The summed E-state index contributed by atoms with van der Waals surface area (Å²) in [5, 5.41) is 15.8. The van der Waals surface area contributed by atoms with Gasteiger partial charge in [0.25, 0.3) is 10.0 Å². The van der Waals surface area contributed by atoms with Crippen LogP contribution >= 0.6 is 11.3 Å². The Morgan fingerprint density at radius 2 is 1.92 bits per heavy atom. The molecule has 0 unspecified atom stereocenters. The number of para-hydroxylation sites is 1.